The quantitative estimate of drug-likeness (QED) is 0.838. The van der Waals surface area contributed by atoms with E-state index in [1.54, 1.807) is 0 Å². The summed E-state index contributed by atoms with van der Waals surface area (Å²) in [6.45, 7) is 6.01. The minimum atomic E-state index is 0.190. The summed E-state index contributed by atoms with van der Waals surface area (Å²) in [5.74, 6) is 1.81. The van der Waals surface area contributed by atoms with E-state index < -0.39 is 0 Å². The molecule has 1 fully saturated rings. The van der Waals surface area contributed by atoms with Gasteiger partial charge in [0, 0.05) is 19.0 Å². The van der Waals surface area contributed by atoms with Crippen molar-refractivity contribution in [1.29, 1.82) is 0 Å². The number of benzene rings is 1. The van der Waals surface area contributed by atoms with Crippen LogP contribution < -0.4 is 0 Å². The summed E-state index contributed by atoms with van der Waals surface area (Å²) in [5, 5.41) is 0. The van der Waals surface area contributed by atoms with Gasteiger partial charge in [-0.1, -0.05) is 31.4 Å². The number of carbonyl (C=O) groups is 1. The van der Waals surface area contributed by atoms with Crippen molar-refractivity contribution in [3.63, 3.8) is 0 Å². The average Bonchev–Trinajstić information content (AvgIpc) is 2.95. The molecule has 0 aliphatic heterocycles. The number of hydrogen-bond donors (Lipinski definition) is 0. The van der Waals surface area contributed by atoms with E-state index in [0.29, 0.717) is 12.5 Å². The zero-order valence-electron chi connectivity index (χ0n) is 14.3. The molecule has 1 heterocycles. The van der Waals surface area contributed by atoms with E-state index in [1.807, 2.05) is 30.9 Å². The van der Waals surface area contributed by atoms with Crippen molar-refractivity contribution in [1.82, 2.24) is 14.5 Å². The molecule has 124 valence electrons. The summed E-state index contributed by atoms with van der Waals surface area (Å²) in [6.07, 6.45) is 6.27. The summed E-state index contributed by atoms with van der Waals surface area (Å²) in [7, 11) is 0. The molecule has 0 unspecified atom stereocenters. The van der Waals surface area contributed by atoms with Gasteiger partial charge in [-0.2, -0.15) is 0 Å². The van der Waals surface area contributed by atoms with Gasteiger partial charge in [0.05, 0.1) is 11.0 Å². The zero-order chi connectivity index (χ0) is 16.2. The molecule has 1 aromatic heterocycles. The van der Waals surface area contributed by atoms with Gasteiger partial charge in [0.25, 0.3) is 0 Å². The third-order valence-electron chi connectivity index (χ3n) is 5.06. The Morgan fingerprint density at radius 2 is 1.87 bits per heavy atom. The van der Waals surface area contributed by atoms with Crippen LogP contribution in [0.15, 0.2) is 24.3 Å². The van der Waals surface area contributed by atoms with E-state index >= 15 is 0 Å². The lowest BCUT2D eigenvalue weighted by atomic mass is 9.88. The van der Waals surface area contributed by atoms with Crippen molar-refractivity contribution in [3.8, 4) is 0 Å². The standard InChI is InChI=1S/C19H27N3O/c1-3-21(4-2)18(23)14-22-17-13-9-8-12-16(17)20-19(22)15-10-6-5-7-11-15/h8-9,12-13,15H,3-7,10-11,14H2,1-2H3. The second-order valence-electron chi connectivity index (χ2n) is 6.45. The van der Waals surface area contributed by atoms with E-state index in [-0.39, 0.29) is 5.91 Å². The fourth-order valence-electron chi connectivity index (χ4n) is 3.74. The zero-order valence-corrected chi connectivity index (χ0v) is 14.3. The number of likely N-dealkylation sites (N-methyl/N-ethyl adjacent to an activating group) is 1. The monoisotopic (exact) mass is 313 g/mol. The van der Waals surface area contributed by atoms with Crippen LogP contribution in [0, 0.1) is 0 Å². The first-order valence-electron chi connectivity index (χ1n) is 8.97. The summed E-state index contributed by atoms with van der Waals surface area (Å²) in [4.78, 5) is 19.4. The van der Waals surface area contributed by atoms with Crippen LogP contribution in [-0.2, 0) is 11.3 Å². The van der Waals surface area contributed by atoms with Crippen molar-refractivity contribution < 1.29 is 4.79 Å². The fraction of sp³-hybridized carbons (Fsp3) is 0.579. The Balaban J connectivity index is 1.97. The van der Waals surface area contributed by atoms with Crippen molar-refractivity contribution in [2.24, 2.45) is 0 Å². The number of imidazole rings is 1. The highest BCUT2D eigenvalue weighted by molar-refractivity contribution is 5.81. The van der Waals surface area contributed by atoms with Crippen LogP contribution in [0.25, 0.3) is 11.0 Å². The highest BCUT2D eigenvalue weighted by Crippen LogP contribution is 2.33. The second kappa shape index (κ2) is 7.16. The minimum Gasteiger partial charge on any atom is -0.342 e. The van der Waals surface area contributed by atoms with Crippen molar-refractivity contribution in [2.75, 3.05) is 13.1 Å². The van der Waals surface area contributed by atoms with Crippen molar-refractivity contribution >= 4 is 16.9 Å². The van der Waals surface area contributed by atoms with Gasteiger partial charge in [-0.05, 0) is 38.8 Å². The van der Waals surface area contributed by atoms with Crippen LogP contribution in [0.1, 0.15) is 57.7 Å². The van der Waals surface area contributed by atoms with Crippen molar-refractivity contribution in [3.05, 3.63) is 30.1 Å². The van der Waals surface area contributed by atoms with Gasteiger partial charge in [0.1, 0.15) is 12.4 Å². The average molecular weight is 313 g/mol. The molecule has 1 aliphatic carbocycles. The largest absolute Gasteiger partial charge is 0.342 e. The summed E-state index contributed by atoms with van der Waals surface area (Å²) >= 11 is 0. The van der Waals surface area contributed by atoms with E-state index in [0.717, 1.165) is 29.9 Å². The van der Waals surface area contributed by atoms with Crippen LogP contribution in [0.5, 0.6) is 0 Å². The number of amides is 1. The predicted molar refractivity (Wildman–Crippen MR) is 93.5 cm³/mol. The highest BCUT2D eigenvalue weighted by atomic mass is 16.2. The topological polar surface area (TPSA) is 38.1 Å². The molecule has 4 nitrogen and oxygen atoms in total. The molecule has 3 rings (SSSR count). The first-order valence-corrected chi connectivity index (χ1v) is 8.97. The van der Waals surface area contributed by atoms with E-state index in [4.69, 9.17) is 4.98 Å². The first kappa shape index (κ1) is 16.0. The molecule has 0 atom stereocenters. The molecule has 4 heteroatoms. The molecule has 1 saturated carbocycles. The van der Waals surface area contributed by atoms with Gasteiger partial charge in [-0.25, -0.2) is 4.98 Å². The molecule has 23 heavy (non-hydrogen) atoms. The number of rotatable bonds is 5. The molecule has 1 aliphatic rings. The smallest absolute Gasteiger partial charge is 0.242 e. The third kappa shape index (κ3) is 3.26. The van der Waals surface area contributed by atoms with Gasteiger partial charge in [0.15, 0.2) is 0 Å². The molecule has 0 N–H and O–H groups in total. The summed E-state index contributed by atoms with van der Waals surface area (Å²) < 4.78 is 2.17. The Morgan fingerprint density at radius 1 is 1.17 bits per heavy atom. The number of aromatic nitrogens is 2. The molecular formula is C19H27N3O. The lowest BCUT2D eigenvalue weighted by Crippen LogP contribution is -2.34. The van der Waals surface area contributed by atoms with E-state index in [2.05, 4.69) is 16.7 Å². The molecule has 1 aromatic carbocycles. The second-order valence-corrected chi connectivity index (χ2v) is 6.45. The summed E-state index contributed by atoms with van der Waals surface area (Å²) in [6, 6.07) is 8.20. The Bertz CT molecular complexity index is 666. The fourth-order valence-corrected chi connectivity index (χ4v) is 3.74. The SMILES string of the molecule is CCN(CC)C(=O)Cn1c(C2CCCCC2)nc2ccccc21. The minimum absolute atomic E-state index is 0.190. The summed E-state index contributed by atoms with van der Waals surface area (Å²) in [5.41, 5.74) is 2.11. The van der Waals surface area contributed by atoms with Crippen molar-refractivity contribution in [2.45, 2.75) is 58.4 Å². The van der Waals surface area contributed by atoms with E-state index in [1.165, 1.54) is 32.1 Å². The first-order chi connectivity index (χ1) is 11.2. The Labute approximate surface area is 138 Å². The number of carbonyl (C=O) groups excluding carboxylic acids is 1. The maximum atomic E-state index is 12.6. The van der Waals surface area contributed by atoms with Gasteiger partial charge in [-0.15, -0.1) is 0 Å². The van der Waals surface area contributed by atoms with Gasteiger partial charge < -0.3 is 9.47 Å². The van der Waals surface area contributed by atoms with Crippen LogP contribution in [0.4, 0.5) is 0 Å². The van der Waals surface area contributed by atoms with Crippen LogP contribution in [-0.4, -0.2) is 33.4 Å². The van der Waals surface area contributed by atoms with E-state index in [9.17, 15) is 4.79 Å². The highest BCUT2D eigenvalue weighted by Gasteiger charge is 2.24. The normalized spacial score (nSPS) is 15.9. The lowest BCUT2D eigenvalue weighted by Gasteiger charge is -2.24. The van der Waals surface area contributed by atoms with Gasteiger partial charge in [-0.3, -0.25) is 4.79 Å². The Kier molecular flexibility index (Phi) is 4.99. The predicted octanol–water partition coefficient (Wildman–Crippen LogP) is 3.95. The molecule has 0 spiro atoms. The third-order valence-corrected chi connectivity index (χ3v) is 5.06. The molecule has 1 amide bonds. The molecule has 0 saturated heterocycles. The molecular weight excluding hydrogens is 286 g/mol. The number of para-hydroxylation sites is 2. The van der Waals surface area contributed by atoms with Gasteiger partial charge in [0.2, 0.25) is 5.91 Å². The van der Waals surface area contributed by atoms with Crippen LogP contribution in [0.2, 0.25) is 0 Å². The lowest BCUT2D eigenvalue weighted by molar-refractivity contribution is -0.131. The molecule has 2 aromatic rings. The Hall–Kier alpha value is -1.84. The maximum absolute atomic E-state index is 12.6. The maximum Gasteiger partial charge on any atom is 0.242 e. The molecule has 0 radical (unpaired) electrons. The van der Waals surface area contributed by atoms with Crippen LogP contribution in [0.3, 0.4) is 0 Å². The van der Waals surface area contributed by atoms with Crippen LogP contribution >= 0.6 is 0 Å². The number of nitrogens with zero attached hydrogens (tertiary/aromatic N) is 3. The number of fused-ring (bicyclic) bond motifs is 1. The number of hydrogen-bond acceptors (Lipinski definition) is 2. The Morgan fingerprint density at radius 3 is 2.57 bits per heavy atom. The van der Waals surface area contributed by atoms with Gasteiger partial charge >= 0.3 is 0 Å². The molecule has 0 bridgehead atoms.